The Morgan fingerprint density at radius 1 is 0.227 bits per heavy atom. The van der Waals surface area contributed by atoms with Gasteiger partial charge >= 0.3 is 0 Å². The topological polar surface area (TPSA) is 4.93 Å². The number of hydrogen-bond acceptors (Lipinski definition) is 1. The molecule has 306 valence electrons. The van der Waals surface area contributed by atoms with Crippen LogP contribution in [0, 0.1) is 0 Å². The molecular formula is C64H39NS. The van der Waals surface area contributed by atoms with Crippen molar-refractivity contribution in [1.29, 1.82) is 0 Å². The number of benzene rings is 12. The number of aromatic nitrogens is 1. The molecule has 0 N–H and O–H groups in total. The Hall–Kier alpha value is -8.30. The van der Waals surface area contributed by atoms with Crippen LogP contribution in [0.5, 0.6) is 0 Å². The van der Waals surface area contributed by atoms with Crippen LogP contribution < -0.4 is 0 Å². The molecule has 0 aliphatic carbocycles. The van der Waals surface area contributed by atoms with Crippen LogP contribution >= 0.6 is 11.3 Å². The van der Waals surface area contributed by atoms with Crippen LogP contribution in [0.2, 0.25) is 0 Å². The molecule has 0 amide bonds. The largest absolute Gasteiger partial charge is 0.308 e. The van der Waals surface area contributed by atoms with E-state index in [-0.39, 0.29) is 0 Å². The van der Waals surface area contributed by atoms with Gasteiger partial charge in [-0.2, -0.15) is 0 Å². The molecule has 1 nitrogen and oxygen atoms in total. The van der Waals surface area contributed by atoms with Crippen molar-refractivity contribution in [2.45, 2.75) is 0 Å². The molecule has 0 radical (unpaired) electrons. The molecular weight excluding hydrogens is 815 g/mol. The van der Waals surface area contributed by atoms with Crippen LogP contribution in [0.3, 0.4) is 0 Å². The standard InChI is InChI=1S/C64H39NS/c1-3-17-40(18-4-1)42-32-35-58-55(37-42)45-21-15-16-30-57(45)65(58)64-53-28-13-11-26-51(53)63(52-27-12-14-29-54(52)64)44-31-34-46-56-38-43(33-36-59(56)66-60(46)39-44)62-49-24-9-7-22-47(49)61(41-19-5-2-6-20-41)48-23-8-10-25-50(48)62/h1-39H. The van der Waals surface area contributed by atoms with E-state index in [1.807, 2.05) is 11.3 Å². The predicted octanol–water partition coefficient (Wildman–Crippen LogP) is 18.4. The molecule has 0 saturated heterocycles. The molecule has 0 aliphatic rings. The second kappa shape index (κ2) is 14.6. The molecule has 12 aromatic carbocycles. The lowest BCUT2D eigenvalue weighted by Crippen LogP contribution is -1.99. The average Bonchev–Trinajstić information content (AvgIpc) is 3.92. The maximum atomic E-state index is 2.52. The minimum atomic E-state index is 1.21. The molecule has 14 rings (SSSR count). The van der Waals surface area contributed by atoms with Gasteiger partial charge in [0, 0.05) is 41.7 Å². The fourth-order valence-electron chi connectivity index (χ4n) is 11.1. The molecule has 0 fully saturated rings. The Bertz CT molecular complexity index is 4160. The Balaban J connectivity index is 0.962. The van der Waals surface area contributed by atoms with Gasteiger partial charge in [-0.15, -0.1) is 11.3 Å². The second-order valence-corrected chi connectivity index (χ2v) is 18.6. The van der Waals surface area contributed by atoms with E-state index >= 15 is 0 Å². The molecule has 14 aromatic rings. The van der Waals surface area contributed by atoms with Crippen molar-refractivity contribution >= 4 is 96.4 Å². The fourth-order valence-corrected chi connectivity index (χ4v) is 12.3. The zero-order valence-corrected chi connectivity index (χ0v) is 36.7. The van der Waals surface area contributed by atoms with E-state index in [1.54, 1.807) is 0 Å². The molecule has 0 bridgehead atoms. The predicted molar refractivity (Wildman–Crippen MR) is 285 cm³/mol. The number of thiophene rings is 1. The molecule has 2 aromatic heterocycles. The number of nitrogens with zero attached hydrogens (tertiary/aromatic N) is 1. The highest BCUT2D eigenvalue weighted by molar-refractivity contribution is 7.25. The van der Waals surface area contributed by atoms with Crippen molar-refractivity contribution in [2.24, 2.45) is 0 Å². The lowest BCUT2D eigenvalue weighted by atomic mass is 9.86. The molecule has 0 atom stereocenters. The number of hydrogen-bond donors (Lipinski definition) is 0. The van der Waals surface area contributed by atoms with E-state index in [9.17, 15) is 0 Å². The van der Waals surface area contributed by atoms with Crippen LogP contribution in [-0.4, -0.2) is 4.57 Å². The van der Waals surface area contributed by atoms with E-state index in [4.69, 9.17) is 0 Å². The summed E-state index contributed by atoms with van der Waals surface area (Å²) in [4.78, 5) is 0. The molecule has 0 unspecified atom stereocenters. The maximum absolute atomic E-state index is 2.52. The first-order valence-corrected chi connectivity index (χ1v) is 23.6. The summed E-state index contributed by atoms with van der Waals surface area (Å²) in [6, 6.07) is 87.7. The average molecular weight is 854 g/mol. The van der Waals surface area contributed by atoms with Crippen molar-refractivity contribution in [3.8, 4) is 50.2 Å². The maximum Gasteiger partial charge on any atom is 0.0619 e. The van der Waals surface area contributed by atoms with Gasteiger partial charge in [0.1, 0.15) is 0 Å². The fraction of sp³-hybridized carbons (Fsp3) is 0. The zero-order chi connectivity index (χ0) is 43.3. The van der Waals surface area contributed by atoms with Gasteiger partial charge in [-0.3, -0.25) is 0 Å². The van der Waals surface area contributed by atoms with E-state index < -0.39 is 0 Å². The van der Waals surface area contributed by atoms with Gasteiger partial charge in [0.2, 0.25) is 0 Å². The molecule has 66 heavy (non-hydrogen) atoms. The van der Waals surface area contributed by atoms with Crippen molar-refractivity contribution in [1.82, 2.24) is 4.57 Å². The molecule has 2 heteroatoms. The Kier molecular flexibility index (Phi) is 8.22. The van der Waals surface area contributed by atoms with Crippen molar-refractivity contribution in [2.75, 3.05) is 0 Å². The lowest BCUT2D eigenvalue weighted by molar-refractivity contribution is 1.21. The summed E-state index contributed by atoms with van der Waals surface area (Å²) in [6.45, 7) is 0. The van der Waals surface area contributed by atoms with Crippen molar-refractivity contribution < 1.29 is 0 Å². The summed E-state index contributed by atoms with van der Waals surface area (Å²) in [5.74, 6) is 0. The minimum Gasteiger partial charge on any atom is -0.308 e. The summed E-state index contributed by atoms with van der Waals surface area (Å²) >= 11 is 1.89. The lowest BCUT2D eigenvalue weighted by Gasteiger charge is -2.19. The SMILES string of the molecule is c1ccc(-c2ccc3c(c2)c2ccccc2n3-c2c3ccccc3c(-c3ccc4c(c3)sc3ccc(-c5c6ccccc6c(-c6ccccc6)c6ccccc56)cc34)c3ccccc23)cc1. The van der Waals surface area contributed by atoms with Crippen LogP contribution in [0.1, 0.15) is 0 Å². The Morgan fingerprint density at radius 2 is 0.652 bits per heavy atom. The van der Waals surface area contributed by atoms with Gasteiger partial charge in [0.15, 0.2) is 0 Å². The van der Waals surface area contributed by atoms with E-state index in [0.717, 1.165) is 0 Å². The van der Waals surface area contributed by atoms with E-state index in [2.05, 4.69) is 241 Å². The normalized spacial score (nSPS) is 11.9. The summed E-state index contributed by atoms with van der Waals surface area (Å²) in [7, 11) is 0. The van der Waals surface area contributed by atoms with Crippen LogP contribution in [0.25, 0.3) is 135 Å². The van der Waals surface area contributed by atoms with E-state index in [1.165, 1.54) is 135 Å². The first-order chi connectivity index (χ1) is 32.8. The number of fused-ring (bicyclic) bond motifs is 10. The van der Waals surface area contributed by atoms with Gasteiger partial charge in [0.05, 0.1) is 16.7 Å². The van der Waals surface area contributed by atoms with Gasteiger partial charge in [-0.1, -0.05) is 200 Å². The first kappa shape index (κ1) is 37.1. The Morgan fingerprint density at radius 3 is 1.26 bits per heavy atom. The van der Waals surface area contributed by atoms with Gasteiger partial charge in [-0.25, -0.2) is 0 Å². The van der Waals surface area contributed by atoms with Gasteiger partial charge in [0.25, 0.3) is 0 Å². The smallest absolute Gasteiger partial charge is 0.0619 e. The van der Waals surface area contributed by atoms with Crippen LogP contribution in [0.15, 0.2) is 237 Å². The summed E-state index contributed by atoms with van der Waals surface area (Å²) in [5.41, 5.74) is 13.7. The molecule has 2 heterocycles. The first-order valence-electron chi connectivity index (χ1n) is 22.8. The highest BCUT2D eigenvalue weighted by Gasteiger charge is 2.22. The highest BCUT2D eigenvalue weighted by Crippen LogP contribution is 2.48. The van der Waals surface area contributed by atoms with Crippen LogP contribution in [-0.2, 0) is 0 Å². The summed E-state index contributed by atoms with van der Waals surface area (Å²) in [6.07, 6.45) is 0. The third-order valence-corrected chi connectivity index (χ3v) is 15.1. The van der Waals surface area contributed by atoms with Crippen molar-refractivity contribution in [3.63, 3.8) is 0 Å². The summed E-state index contributed by atoms with van der Waals surface area (Å²) < 4.78 is 5.11. The van der Waals surface area contributed by atoms with Gasteiger partial charge in [-0.05, 0) is 113 Å². The van der Waals surface area contributed by atoms with E-state index in [0.29, 0.717) is 0 Å². The zero-order valence-electron chi connectivity index (χ0n) is 35.9. The van der Waals surface area contributed by atoms with Gasteiger partial charge < -0.3 is 4.57 Å². The number of rotatable bonds is 5. The second-order valence-electron chi connectivity index (χ2n) is 17.5. The highest BCUT2D eigenvalue weighted by atomic mass is 32.1. The Labute approximate surface area is 385 Å². The van der Waals surface area contributed by atoms with Crippen LogP contribution in [0.4, 0.5) is 0 Å². The third kappa shape index (κ3) is 5.52. The monoisotopic (exact) mass is 853 g/mol. The third-order valence-electron chi connectivity index (χ3n) is 13.9. The van der Waals surface area contributed by atoms with Crippen molar-refractivity contribution in [3.05, 3.63) is 237 Å². The number of para-hydroxylation sites is 1. The molecule has 0 aliphatic heterocycles. The quantitative estimate of drug-likeness (QED) is 0.152. The molecule has 0 saturated carbocycles. The summed E-state index contributed by atoms with van der Waals surface area (Å²) in [5, 5.41) is 15.2. The molecule has 0 spiro atoms. The minimum absolute atomic E-state index is 1.21.